The molecule has 1 aromatic carbocycles. The van der Waals surface area contributed by atoms with Crippen LogP contribution in [0, 0.1) is 11.6 Å². The van der Waals surface area contributed by atoms with Gasteiger partial charge in [0.05, 0.1) is 12.4 Å². The van der Waals surface area contributed by atoms with Crippen molar-refractivity contribution in [3.05, 3.63) is 57.9 Å². The fraction of sp³-hybridized carbons (Fsp3) is 0.125. The summed E-state index contributed by atoms with van der Waals surface area (Å²) in [7, 11) is 0. The molecule has 1 N–H and O–H groups in total. The van der Waals surface area contributed by atoms with E-state index < -0.39 is 11.6 Å². The van der Waals surface area contributed by atoms with Crippen molar-refractivity contribution >= 4 is 46.3 Å². The molecule has 0 fully saturated rings. The van der Waals surface area contributed by atoms with Gasteiger partial charge in [0.15, 0.2) is 34.1 Å². The van der Waals surface area contributed by atoms with Crippen molar-refractivity contribution in [1.29, 1.82) is 0 Å². The lowest BCUT2D eigenvalue weighted by Crippen LogP contribution is -2.15. The van der Waals surface area contributed by atoms with Crippen molar-refractivity contribution in [3.63, 3.8) is 0 Å². The first-order chi connectivity index (χ1) is 13.4. The average molecular weight is 449 g/mol. The number of anilines is 2. The van der Waals surface area contributed by atoms with Crippen molar-refractivity contribution in [3.8, 4) is 11.5 Å². The number of nitrogens with one attached hydrogen (secondary N) is 1. The predicted octanol–water partition coefficient (Wildman–Crippen LogP) is 4.71. The second-order valence-corrected chi connectivity index (χ2v) is 6.13. The van der Waals surface area contributed by atoms with E-state index in [1.807, 2.05) is 0 Å². The van der Waals surface area contributed by atoms with Gasteiger partial charge in [-0.2, -0.15) is 4.98 Å². The van der Waals surface area contributed by atoms with Gasteiger partial charge in [0.25, 0.3) is 0 Å². The minimum absolute atomic E-state index is 0.0108. The minimum atomic E-state index is -0.666. The molecule has 0 amide bonds. The number of hydrogen-bond donors (Lipinski definition) is 1. The Balaban J connectivity index is 0.000000211. The van der Waals surface area contributed by atoms with Crippen LogP contribution in [-0.4, -0.2) is 33.1 Å². The third-order valence-corrected chi connectivity index (χ3v) is 3.82. The molecule has 0 radical (unpaired) electrons. The summed E-state index contributed by atoms with van der Waals surface area (Å²) in [5.41, 5.74) is 0.623. The molecule has 0 bridgehead atoms. The fourth-order valence-corrected chi connectivity index (χ4v) is 2.46. The van der Waals surface area contributed by atoms with E-state index in [1.54, 1.807) is 18.2 Å². The first kappa shape index (κ1) is 20.2. The normalized spacial score (nSPS) is 12.0. The largest absolute Gasteiger partial charge is 0.486 e. The highest BCUT2D eigenvalue weighted by Gasteiger charge is 2.13. The Kier molecular flexibility index (Phi) is 6.61. The van der Waals surface area contributed by atoms with E-state index in [1.165, 1.54) is 0 Å². The topological polar surface area (TPSA) is 82.1 Å². The second kappa shape index (κ2) is 9.13. The van der Waals surface area contributed by atoms with Gasteiger partial charge in [-0.15, -0.1) is 0 Å². The van der Waals surface area contributed by atoms with Gasteiger partial charge >= 0.3 is 0 Å². The van der Waals surface area contributed by atoms with Crippen LogP contribution in [0.15, 0.2) is 30.6 Å². The molecule has 0 unspecified atom stereocenters. The lowest BCUT2D eigenvalue weighted by molar-refractivity contribution is 0.171. The van der Waals surface area contributed by atoms with Crippen LogP contribution in [0.4, 0.5) is 20.3 Å². The van der Waals surface area contributed by atoms with Gasteiger partial charge in [0.1, 0.15) is 13.2 Å². The Hall–Kier alpha value is -2.49. The van der Waals surface area contributed by atoms with E-state index in [9.17, 15) is 8.78 Å². The number of hydrogen-bond acceptors (Lipinski definition) is 7. The lowest BCUT2D eigenvalue weighted by Gasteiger charge is -2.19. The quantitative estimate of drug-likeness (QED) is 0.449. The van der Waals surface area contributed by atoms with E-state index in [4.69, 9.17) is 44.3 Å². The summed E-state index contributed by atoms with van der Waals surface area (Å²) in [4.78, 5) is 14.0. The Labute approximate surface area is 172 Å². The van der Waals surface area contributed by atoms with Crippen molar-refractivity contribution in [1.82, 2.24) is 19.9 Å². The maximum atomic E-state index is 13.5. The van der Waals surface area contributed by atoms with Gasteiger partial charge in [-0.05, 0) is 35.3 Å². The van der Waals surface area contributed by atoms with Crippen molar-refractivity contribution < 1.29 is 18.3 Å². The number of ether oxygens (including phenoxy) is 2. The molecule has 0 atom stereocenters. The number of aromatic nitrogens is 4. The summed E-state index contributed by atoms with van der Waals surface area (Å²) < 4.78 is 36.5. The Morgan fingerprint density at radius 3 is 2.18 bits per heavy atom. The van der Waals surface area contributed by atoms with E-state index in [0.29, 0.717) is 30.4 Å². The highest BCUT2D eigenvalue weighted by atomic mass is 35.5. The summed E-state index contributed by atoms with van der Waals surface area (Å²) in [5.74, 6) is 0.0341. The zero-order valence-corrected chi connectivity index (χ0v) is 16.1. The molecule has 146 valence electrons. The first-order valence-electron chi connectivity index (χ1n) is 7.60. The Morgan fingerprint density at radius 1 is 0.857 bits per heavy atom. The van der Waals surface area contributed by atoms with Gasteiger partial charge < -0.3 is 14.8 Å². The first-order valence-corrected chi connectivity index (χ1v) is 8.74. The number of benzene rings is 1. The molecule has 0 saturated heterocycles. The van der Waals surface area contributed by atoms with Crippen molar-refractivity contribution in [2.24, 2.45) is 0 Å². The highest BCUT2D eigenvalue weighted by Crippen LogP contribution is 2.33. The maximum absolute atomic E-state index is 13.5. The zero-order valence-electron chi connectivity index (χ0n) is 13.8. The summed E-state index contributed by atoms with van der Waals surface area (Å²) in [6, 6.07) is 5.20. The molecular weight excluding hydrogens is 439 g/mol. The Bertz CT molecular complexity index is 996. The molecule has 0 spiro atoms. The van der Waals surface area contributed by atoms with Gasteiger partial charge in [-0.3, -0.25) is 0 Å². The Morgan fingerprint density at radius 2 is 1.50 bits per heavy atom. The van der Waals surface area contributed by atoms with Crippen molar-refractivity contribution in [2.45, 2.75) is 0 Å². The molecule has 28 heavy (non-hydrogen) atoms. The summed E-state index contributed by atoms with van der Waals surface area (Å²) in [6.45, 7) is 1.01. The third kappa shape index (κ3) is 5.28. The number of nitrogens with zero attached hydrogens (tertiary/aromatic N) is 4. The summed E-state index contributed by atoms with van der Waals surface area (Å²) in [6.07, 6.45) is 1.92. The predicted molar refractivity (Wildman–Crippen MR) is 99.7 cm³/mol. The third-order valence-electron chi connectivity index (χ3n) is 3.19. The van der Waals surface area contributed by atoms with Crippen LogP contribution < -0.4 is 14.8 Å². The second-order valence-electron chi connectivity index (χ2n) is 5.10. The van der Waals surface area contributed by atoms with Crippen LogP contribution in [0.2, 0.25) is 15.7 Å². The number of halogens is 5. The molecule has 7 nitrogen and oxygen atoms in total. The molecule has 12 heteroatoms. The standard InChI is InChI=1S/C12H9ClFN3O2.C4HCl2FN2/c13-12-15-6-8(14)11(17-12)16-7-1-2-9-10(5-7)19-4-3-18-9;5-3-2(7)1-8-4(6)9-3/h1-2,5-6H,3-4H2,(H,15,16,17);1H. The molecule has 0 saturated carbocycles. The molecule has 0 aliphatic carbocycles. The van der Waals surface area contributed by atoms with E-state index in [0.717, 1.165) is 12.4 Å². The van der Waals surface area contributed by atoms with E-state index >= 15 is 0 Å². The van der Waals surface area contributed by atoms with E-state index in [2.05, 4.69) is 25.3 Å². The van der Waals surface area contributed by atoms with Gasteiger partial charge in [-0.1, -0.05) is 11.6 Å². The molecule has 3 aromatic rings. The van der Waals surface area contributed by atoms with Crippen LogP contribution in [0.1, 0.15) is 0 Å². The summed E-state index contributed by atoms with van der Waals surface area (Å²) >= 11 is 16.1. The summed E-state index contributed by atoms with van der Waals surface area (Å²) in [5, 5.41) is 2.48. The molecular formula is C16H10Cl3F2N5O2. The minimum Gasteiger partial charge on any atom is -0.486 e. The van der Waals surface area contributed by atoms with Gasteiger partial charge in [0.2, 0.25) is 10.6 Å². The van der Waals surface area contributed by atoms with Crippen LogP contribution in [0.25, 0.3) is 0 Å². The van der Waals surface area contributed by atoms with Crippen LogP contribution >= 0.6 is 34.8 Å². The molecule has 1 aliphatic heterocycles. The molecule has 3 heterocycles. The highest BCUT2D eigenvalue weighted by molar-refractivity contribution is 6.31. The lowest BCUT2D eigenvalue weighted by atomic mass is 10.2. The van der Waals surface area contributed by atoms with E-state index in [-0.39, 0.29) is 21.5 Å². The SMILES string of the molecule is Fc1cnc(Cl)nc1Cl.Fc1cnc(Cl)nc1Nc1ccc2c(c1)OCCO2. The smallest absolute Gasteiger partial charge is 0.224 e. The fourth-order valence-electron chi connectivity index (χ4n) is 2.02. The molecule has 4 rings (SSSR count). The van der Waals surface area contributed by atoms with Gasteiger partial charge in [0, 0.05) is 11.8 Å². The van der Waals surface area contributed by atoms with Crippen LogP contribution in [-0.2, 0) is 0 Å². The molecule has 2 aromatic heterocycles. The average Bonchev–Trinajstić information content (AvgIpc) is 2.68. The number of rotatable bonds is 2. The van der Waals surface area contributed by atoms with Crippen molar-refractivity contribution in [2.75, 3.05) is 18.5 Å². The van der Waals surface area contributed by atoms with Crippen LogP contribution in [0.3, 0.4) is 0 Å². The maximum Gasteiger partial charge on any atom is 0.224 e. The van der Waals surface area contributed by atoms with Crippen LogP contribution in [0.5, 0.6) is 11.5 Å². The van der Waals surface area contributed by atoms with Gasteiger partial charge in [-0.25, -0.2) is 23.7 Å². The molecule has 1 aliphatic rings. The zero-order chi connectivity index (χ0) is 20.1. The monoisotopic (exact) mass is 447 g/mol. The number of fused-ring (bicyclic) bond motifs is 1.